The average Bonchev–Trinajstić information content (AvgIpc) is 2.49. The number of carbonyl (C=O) groups excluding carboxylic acids is 1. The number of fused-ring (bicyclic) bond motifs is 1. The number of urea groups is 1. The van der Waals surface area contributed by atoms with E-state index < -0.39 is 6.03 Å². The second-order valence-electron chi connectivity index (χ2n) is 2.43. The smallest absolute Gasteiger partial charge is 0.323 e. The van der Waals surface area contributed by atoms with E-state index in [1.54, 1.807) is 29.8 Å². The predicted octanol–water partition coefficient (Wildman–Crippen LogP) is 0.0272. The van der Waals surface area contributed by atoms with Gasteiger partial charge in [-0.3, -0.25) is 9.91 Å². The predicted molar refractivity (Wildman–Crippen MR) is 42.8 cm³/mol. The normalized spacial score (nSPS) is 18.8. The van der Waals surface area contributed by atoms with Crippen molar-refractivity contribution in [1.82, 2.24) is 15.3 Å². The third kappa shape index (κ3) is 0.914. The minimum atomic E-state index is -0.487. The fraction of sp³-hybridized carbons (Fsp3) is 0. The van der Waals surface area contributed by atoms with Crippen LogP contribution in [-0.4, -0.2) is 15.9 Å². The number of hydrogen-bond donors (Lipinski definition) is 2. The van der Waals surface area contributed by atoms with E-state index in [0.29, 0.717) is 0 Å². The minimum absolute atomic E-state index is 0.487. The first-order valence-corrected chi connectivity index (χ1v) is 3.47. The molecule has 0 radical (unpaired) electrons. The molecule has 5 heteroatoms. The van der Waals surface area contributed by atoms with Gasteiger partial charge in [-0.15, -0.1) is 0 Å². The molecule has 0 fully saturated rings. The second kappa shape index (κ2) is 2.30. The monoisotopic (exact) mass is 164 g/mol. The summed E-state index contributed by atoms with van der Waals surface area (Å²) in [4.78, 5) is 12.1. The molecule has 0 atom stereocenters. The van der Waals surface area contributed by atoms with Crippen LogP contribution < -0.4 is 11.2 Å². The van der Waals surface area contributed by atoms with Gasteiger partial charge in [0.1, 0.15) is 0 Å². The number of amides is 2. The van der Waals surface area contributed by atoms with Crippen LogP contribution in [0.1, 0.15) is 0 Å². The molecule has 2 aliphatic heterocycles. The molecule has 3 N–H and O–H groups in total. The van der Waals surface area contributed by atoms with E-state index in [1.165, 1.54) is 4.90 Å². The van der Waals surface area contributed by atoms with Crippen LogP contribution in [0.15, 0.2) is 36.6 Å². The van der Waals surface area contributed by atoms with Gasteiger partial charge in [0.05, 0.1) is 5.70 Å². The van der Waals surface area contributed by atoms with Gasteiger partial charge in [0.15, 0.2) is 0 Å². The van der Waals surface area contributed by atoms with Crippen LogP contribution in [0.4, 0.5) is 4.79 Å². The van der Waals surface area contributed by atoms with Crippen molar-refractivity contribution in [3.63, 3.8) is 0 Å². The number of nitrogens with one attached hydrogen (secondary N) is 1. The molecule has 0 saturated heterocycles. The van der Waals surface area contributed by atoms with Crippen LogP contribution in [0.5, 0.6) is 0 Å². The summed E-state index contributed by atoms with van der Waals surface area (Å²) in [6.07, 6.45) is 8.59. The molecule has 0 spiro atoms. The number of hydrogen-bond acceptors (Lipinski definition) is 3. The van der Waals surface area contributed by atoms with Crippen molar-refractivity contribution in [1.29, 1.82) is 0 Å². The third-order valence-corrected chi connectivity index (χ3v) is 1.65. The van der Waals surface area contributed by atoms with Crippen LogP contribution in [0.2, 0.25) is 0 Å². The summed E-state index contributed by atoms with van der Waals surface area (Å²) in [7, 11) is 0. The molecule has 0 aromatic heterocycles. The van der Waals surface area contributed by atoms with E-state index >= 15 is 0 Å². The zero-order chi connectivity index (χ0) is 8.55. The first kappa shape index (κ1) is 6.78. The van der Waals surface area contributed by atoms with Gasteiger partial charge in [-0.25, -0.2) is 4.79 Å². The lowest BCUT2D eigenvalue weighted by Gasteiger charge is -2.23. The molecule has 0 unspecified atom stereocenters. The number of nitrogens with zero attached hydrogens (tertiary/aromatic N) is 2. The van der Waals surface area contributed by atoms with Gasteiger partial charge in [-0.1, -0.05) is 0 Å². The molecule has 2 heterocycles. The minimum Gasteiger partial charge on any atom is -0.351 e. The van der Waals surface area contributed by atoms with Crippen molar-refractivity contribution in [2.45, 2.75) is 0 Å². The fourth-order valence-electron chi connectivity index (χ4n) is 1.05. The van der Waals surface area contributed by atoms with Crippen LogP contribution in [0, 0.1) is 0 Å². The van der Waals surface area contributed by atoms with E-state index in [9.17, 15) is 4.79 Å². The molecule has 0 aromatic rings. The summed E-state index contributed by atoms with van der Waals surface area (Å²) in [5.41, 5.74) is 8.90. The van der Waals surface area contributed by atoms with Crippen LogP contribution in [0.3, 0.4) is 0 Å². The lowest BCUT2D eigenvalue weighted by Crippen LogP contribution is -2.33. The molecular formula is C7H8N4O. The van der Waals surface area contributed by atoms with Crippen molar-refractivity contribution in [3.05, 3.63) is 36.6 Å². The molecule has 2 rings (SSSR count). The summed E-state index contributed by atoms with van der Waals surface area (Å²) in [5, 5.41) is 1.78. The van der Waals surface area contributed by atoms with Crippen molar-refractivity contribution in [2.75, 3.05) is 0 Å². The Balaban J connectivity index is 2.25. The molecule has 12 heavy (non-hydrogen) atoms. The fourth-order valence-corrected chi connectivity index (χ4v) is 1.05. The zero-order valence-electron chi connectivity index (χ0n) is 6.27. The summed E-state index contributed by atoms with van der Waals surface area (Å²) in [6, 6.07) is -0.487. The lowest BCUT2D eigenvalue weighted by molar-refractivity contribution is 0.232. The topological polar surface area (TPSA) is 61.6 Å². The first-order chi connectivity index (χ1) is 5.77. The van der Waals surface area contributed by atoms with Crippen LogP contribution in [-0.2, 0) is 0 Å². The number of primary amides is 1. The van der Waals surface area contributed by atoms with Gasteiger partial charge in [-0.05, 0) is 6.08 Å². The molecule has 0 aliphatic carbocycles. The zero-order valence-corrected chi connectivity index (χ0v) is 6.27. The SMILES string of the molecule is NC(=O)N1C=CN2NC=CC2=C1. The Morgan fingerprint density at radius 2 is 2.33 bits per heavy atom. The van der Waals surface area contributed by atoms with Gasteiger partial charge in [0.25, 0.3) is 0 Å². The lowest BCUT2D eigenvalue weighted by atomic mass is 10.4. The highest BCUT2D eigenvalue weighted by atomic mass is 16.2. The number of allylic oxidation sites excluding steroid dienone is 1. The Morgan fingerprint density at radius 1 is 1.50 bits per heavy atom. The highest BCUT2D eigenvalue weighted by molar-refractivity contribution is 5.74. The highest BCUT2D eigenvalue weighted by Gasteiger charge is 2.15. The van der Waals surface area contributed by atoms with Crippen molar-refractivity contribution < 1.29 is 4.79 Å². The van der Waals surface area contributed by atoms with Crippen LogP contribution in [0.25, 0.3) is 0 Å². The Bertz CT molecular complexity index is 305. The van der Waals surface area contributed by atoms with Crippen LogP contribution >= 0.6 is 0 Å². The molecule has 62 valence electrons. The Morgan fingerprint density at radius 3 is 3.08 bits per heavy atom. The summed E-state index contributed by atoms with van der Waals surface area (Å²) in [6.45, 7) is 0. The maximum atomic E-state index is 10.7. The summed E-state index contributed by atoms with van der Waals surface area (Å²) >= 11 is 0. The average molecular weight is 164 g/mol. The largest absolute Gasteiger partial charge is 0.351 e. The molecule has 2 amide bonds. The van der Waals surface area contributed by atoms with Gasteiger partial charge >= 0.3 is 6.03 Å². The second-order valence-corrected chi connectivity index (χ2v) is 2.43. The quantitative estimate of drug-likeness (QED) is 0.531. The van der Waals surface area contributed by atoms with Crippen molar-refractivity contribution in [2.24, 2.45) is 5.73 Å². The van der Waals surface area contributed by atoms with Gasteiger partial charge in [0, 0.05) is 24.8 Å². The van der Waals surface area contributed by atoms with Gasteiger partial charge in [-0.2, -0.15) is 0 Å². The number of rotatable bonds is 0. The number of nitrogens with two attached hydrogens (primary N) is 1. The van der Waals surface area contributed by atoms with Gasteiger partial charge < -0.3 is 11.2 Å². The van der Waals surface area contributed by atoms with E-state index in [2.05, 4.69) is 5.43 Å². The Hall–Kier alpha value is -1.91. The highest BCUT2D eigenvalue weighted by Crippen LogP contribution is 2.15. The molecule has 0 bridgehead atoms. The standard InChI is InChI=1S/C7H8N4O/c8-7(12)10-3-4-11-6(5-10)1-2-9-11/h1-5,9H,(H2,8,12). The molecule has 0 aromatic carbocycles. The molecule has 0 saturated carbocycles. The Kier molecular flexibility index (Phi) is 1.30. The third-order valence-electron chi connectivity index (χ3n) is 1.65. The van der Waals surface area contributed by atoms with Gasteiger partial charge in [0.2, 0.25) is 0 Å². The molecular weight excluding hydrogens is 156 g/mol. The summed E-state index contributed by atoms with van der Waals surface area (Å²) in [5.74, 6) is 0. The van der Waals surface area contributed by atoms with E-state index in [4.69, 9.17) is 5.73 Å². The maximum absolute atomic E-state index is 10.7. The van der Waals surface area contributed by atoms with Crippen molar-refractivity contribution in [3.8, 4) is 0 Å². The van der Waals surface area contributed by atoms with E-state index in [-0.39, 0.29) is 0 Å². The van der Waals surface area contributed by atoms with E-state index in [1.807, 2.05) is 6.08 Å². The first-order valence-electron chi connectivity index (χ1n) is 3.47. The number of hydrazine groups is 1. The molecule has 5 nitrogen and oxygen atoms in total. The van der Waals surface area contributed by atoms with Crippen molar-refractivity contribution >= 4 is 6.03 Å². The maximum Gasteiger partial charge on any atom is 0.323 e. The summed E-state index contributed by atoms with van der Waals surface area (Å²) < 4.78 is 0. The molecule has 2 aliphatic rings. The number of carbonyl (C=O) groups is 1. The van der Waals surface area contributed by atoms with E-state index in [0.717, 1.165) is 5.70 Å². The Labute approximate surface area is 69.4 Å².